The second-order valence-electron chi connectivity index (χ2n) is 4.34. The first-order valence-electron chi connectivity index (χ1n) is 5.09. The van der Waals surface area contributed by atoms with Gasteiger partial charge < -0.3 is 0 Å². The third-order valence-electron chi connectivity index (χ3n) is 2.97. The van der Waals surface area contributed by atoms with Crippen LogP contribution in [0.25, 0.3) is 0 Å². The van der Waals surface area contributed by atoms with E-state index in [2.05, 4.69) is 25.1 Å². The van der Waals surface area contributed by atoms with Gasteiger partial charge in [0, 0.05) is 11.4 Å². The maximum absolute atomic E-state index is 11.2. The van der Waals surface area contributed by atoms with Crippen molar-refractivity contribution < 1.29 is 8.42 Å². The highest BCUT2D eigenvalue weighted by Gasteiger charge is 2.28. The van der Waals surface area contributed by atoms with Crippen molar-refractivity contribution in [2.45, 2.75) is 39.2 Å². The van der Waals surface area contributed by atoms with Gasteiger partial charge in [0.15, 0.2) is 0 Å². The summed E-state index contributed by atoms with van der Waals surface area (Å²) in [5.41, 5.74) is 0. The van der Waals surface area contributed by atoms with Crippen molar-refractivity contribution in [3.8, 4) is 0 Å². The van der Waals surface area contributed by atoms with Gasteiger partial charge in [-0.25, -0.2) is 13.1 Å². The molecule has 1 aliphatic rings. The first kappa shape index (κ1) is 11.7. The highest BCUT2D eigenvalue weighted by molar-refractivity contribution is 7.92. The van der Waals surface area contributed by atoms with Crippen molar-refractivity contribution in [2.75, 3.05) is 0 Å². The lowest BCUT2D eigenvalue weighted by molar-refractivity contribution is 0.388. The lowest BCUT2D eigenvalue weighted by Crippen LogP contribution is -2.31. The van der Waals surface area contributed by atoms with Gasteiger partial charge in [-0.2, -0.15) is 0 Å². The van der Waals surface area contributed by atoms with Crippen molar-refractivity contribution in [3.05, 3.63) is 12.0 Å². The van der Waals surface area contributed by atoms with E-state index in [1.807, 2.05) is 0 Å². The molecule has 3 nitrogen and oxygen atoms in total. The molecule has 0 aromatic rings. The first-order chi connectivity index (χ1) is 6.44. The van der Waals surface area contributed by atoms with E-state index in [0.717, 1.165) is 24.7 Å². The van der Waals surface area contributed by atoms with Gasteiger partial charge in [0.1, 0.15) is 0 Å². The maximum Gasteiger partial charge on any atom is 0.233 e. The molecule has 0 amide bonds. The summed E-state index contributed by atoms with van der Waals surface area (Å²) in [5, 5.41) is 0.982. The molecule has 0 aliphatic heterocycles. The van der Waals surface area contributed by atoms with Crippen LogP contribution in [0.5, 0.6) is 0 Å². The molecule has 2 atom stereocenters. The zero-order valence-corrected chi connectivity index (χ0v) is 9.68. The Bertz CT molecular complexity index is 295. The second-order valence-corrected chi connectivity index (χ2v) is 6.00. The Morgan fingerprint density at radius 3 is 2.50 bits per heavy atom. The maximum atomic E-state index is 11.2. The van der Waals surface area contributed by atoms with Gasteiger partial charge in [-0.05, 0) is 31.1 Å². The molecular formula is C10H19NO2S. The largest absolute Gasteiger partial charge is 0.233 e. The van der Waals surface area contributed by atoms with E-state index in [1.54, 1.807) is 0 Å². The average Bonchev–Trinajstić information content (AvgIpc) is 2.52. The monoisotopic (exact) mass is 217 g/mol. The first-order valence-corrected chi connectivity index (χ1v) is 6.64. The number of rotatable bonds is 4. The summed E-state index contributed by atoms with van der Waals surface area (Å²) >= 11 is 0. The average molecular weight is 217 g/mol. The molecule has 0 radical (unpaired) electrons. The summed E-state index contributed by atoms with van der Waals surface area (Å²) in [6.07, 6.45) is 3.04. The Balaban J connectivity index is 2.48. The van der Waals surface area contributed by atoms with Crippen LogP contribution in [0.2, 0.25) is 0 Å². The molecule has 1 saturated carbocycles. The van der Waals surface area contributed by atoms with Crippen molar-refractivity contribution in [3.63, 3.8) is 0 Å². The summed E-state index contributed by atoms with van der Waals surface area (Å²) in [5.74, 6) is 1.31. The normalized spacial score (nSPS) is 28.2. The summed E-state index contributed by atoms with van der Waals surface area (Å²) in [4.78, 5) is 0. The van der Waals surface area contributed by atoms with Crippen LogP contribution in [0.15, 0.2) is 12.0 Å². The van der Waals surface area contributed by atoms with E-state index >= 15 is 0 Å². The molecule has 0 bridgehead atoms. The van der Waals surface area contributed by atoms with E-state index in [9.17, 15) is 8.42 Å². The molecule has 0 heterocycles. The van der Waals surface area contributed by atoms with Crippen molar-refractivity contribution in [1.29, 1.82) is 0 Å². The number of hydrogen-bond acceptors (Lipinski definition) is 2. The molecule has 0 aromatic carbocycles. The minimum atomic E-state index is -3.24. The molecule has 82 valence electrons. The van der Waals surface area contributed by atoms with E-state index in [-0.39, 0.29) is 6.04 Å². The molecule has 4 heteroatoms. The molecule has 0 saturated heterocycles. The van der Waals surface area contributed by atoms with Crippen LogP contribution in [0.3, 0.4) is 0 Å². The predicted octanol–water partition coefficient (Wildman–Crippen LogP) is 1.87. The molecule has 1 aliphatic carbocycles. The Morgan fingerprint density at radius 1 is 1.43 bits per heavy atom. The lowest BCUT2D eigenvalue weighted by Gasteiger charge is -2.14. The van der Waals surface area contributed by atoms with Gasteiger partial charge in [0.2, 0.25) is 10.0 Å². The van der Waals surface area contributed by atoms with Crippen LogP contribution in [-0.4, -0.2) is 14.5 Å². The Hall–Kier alpha value is -0.350. The van der Waals surface area contributed by atoms with Crippen LogP contribution < -0.4 is 4.72 Å². The minimum Gasteiger partial charge on any atom is -0.209 e. The number of nitrogens with one attached hydrogen (secondary N) is 1. The van der Waals surface area contributed by atoms with E-state index in [4.69, 9.17) is 0 Å². The van der Waals surface area contributed by atoms with Gasteiger partial charge in [-0.1, -0.05) is 20.4 Å². The second kappa shape index (κ2) is 4.45. The number of sulfonamides is 1. The fourth-order valence-electron chi connectivity index (χ4n) is 2.01. The van der Waals surface area contributed by atoms with Crippen LogP contribution in [-0.2, 0) is 10.0 Å². The standard InChI is InChI=1S/C10H19NO2S/c1-4-14(12,13)11-10-6-5-9(7-10)8(2)3/h4,8-11H,1,5-7H2,2-3H3/t9-,10+/m0/s1. The highest BCUT2D eigenvalue weighted by Crippen LogP contribution is 2.31. The fourth-order valence-corrected chi connectivity index (χ4v) is 2.78. The van der Waals surface area contributed by atoms with Crippen molar-refractivity contribution in [2.24, 2.45) is 11.8 Å². The minimum absolute atomic E-state index is 0.116. The van der Waals surface area contributed by atoms with Gasteiger partial charge in [-0.3, -0.25) is 0 Å². The van der Waals surface area contributed by atoms with Crippen molar-refractivity contribution >= 4 is 10.0 Å². The topological polar surface area (TPSA) is 46.2 Å². The van der Waals surface area contributed by atoms with Gasteiger partial charge >= 0.3 is 0 Å². The third kappa shape index (κ3) is 3.10. The van der Waals surface area contributed by atoms with E-state index in [1.165, 1.54) is 0 Å². The molecule has 1 rings (SSSR count). The summed E-state index contributed by atoms with van der Waals surface area (Å²) in [7, 11) is -3.24. The van der Waals surface area contributed by atoms with Gasteiger partial charge in [-0.15, -0.1) is 0 Å². The lowest BCUT2D eigenvalue weighted by atomic mass is 9.94. The summed E-state index contributed by atoms with van der Waals surface area (Å²) in [6, 6.07) is 0.116. The van der Waals surface area contributed by atoms with E-state index < -0.39 is 10.0 Å². The van der Waals surface area contributed by atoms with Crippen molar-refractivity contribution in [1.82, 2.24) is 4.72 Å². The summed E-state index contributed by atoms with van der Waals surface area (Å²) < 4.78 is 25.0. The molecular weight excluding hydrogens is 198 g/mol. The SMILES string of the molecule is C=CS(=O)(=O)N[C@@H]1CC[C@H](C(C)C)C1. The predicted molar refractivity (Wildman–Crippen MR) is 58.2 cm³/mol. The fraction of sp³-hybridized carbons (Fsp3) is 0.800. The zero-order chi connectivity index (χ0) is 10.8. The molecule has 0 unspecified atom stereocenters. The van der Waals surface area contributed by atoms with Crippen LogP contribution in [0.1, 0.15) is 33.1 Å². The molecule has 0 spiro atoms. The van der Waals surface area contributed by atoms with Gasteiger partial charge in [0.05, 0.1) is 0 Å². The van der Waals surface area contributed by atoms with E-state index in [0.29, 0.717) is 11.8 Å². The highest BCUT2D eigenvalue weighted by atomic mass is 32.2. The van der Waals surface area contributed by atoms with Crippen LogP contribution in [0.4, 0.5) is 0 Å². The zero-order valence-electron chi connectivity index (χ0n) is 8.86. The Morgan fingerprint density at radius 2 is 2.07 bits per heavy atom. The third-order valence-corrected chi connectivity index (χ3v) is 4.07. The smallest absolute Gasteiger partial charge is 0.209 e. The van der Waals surface area contributed by atoms with Crippen LogP contribution >= 0.6 is 0 Å². The number of hydrogen-bond donors (Lipinski definition) is 1. The molecule has 14 heavy (non-hydrogen) atoms. The van der Waals surface area contributed by atoms with Gasteiger partial charge in [0.25, 0.3) is 0 Å². The molecule has 1 N–H and O–H groups in total. The Kier molecular flexibility index (Phi) is 3.72. The Labute approximate surface area is 86.6 Å². The quantitative estimate of drug-likeness (QED) is 0.781. The molecule has 0 aromatic heterocycles. The molecule has 1 fully saturated rings. The summed E-state index contributed by atoms with van der Waals surface area (Å²) in [6.45, 7) is 7.66. The van der Waals surface area contributed by atoms with Crippen LogP contribution in [0, 0.1) is 11.8 Å².